The highest BCUT2D eigenvalue weighted by atomic mass is 16.4. The van der Waals surface area contributed by atoms with Gasteiger partial charge < -0.3 is 20.4 Å². The lowest BCUT2D eigenvalue weighted by Crippen LogP contribution is -2.49. The van der Waals surface area contributed by atoms with Gasteiger partial charge in [-0.1, -0.05) is 25.8 Å². The first-order valence-electron chi connectivity index (χ1n) is 5.36. The first kappa shape index (κ1) is 16.6. The molecule has 0 aliphatic rings. The zero-order chi connectivity index (χ0) is 15.2. The van der Waals surface area contributed by atoms with Crippen molar-refractivity contribution in [2.75, 3.05) is 0 Å². The van der Waals surface area contributed by atoms with Crippen LogP contribution in [0.3, 0.4) is 0 Å². The minimum atomic E-state index is -3.50. The summed E-state index contributed by atoms with van der Waals surface area (Å²) < 4.78 is 0. The average molecular weight is 274 g/mol. The molecule has 8 heteroatoms. The molecule has 0 atom stereocenters. The predicted octanol–water partition coefficient (Wildman–Crippen LogP) is 0.428. The summed E-state index contributed by atoms with van der Waals surface area (Å²) in [5, 5.41) is 35.5. The van der Waals surface area contributed by atoms with Crippen LogP contribution in [-0.2, 0) is 19.2 Å². The maximum Gasteiger partial charge on any atom is 0.337 e. The molecule has 0 saturated heterocycles. The van der Waals surface area contributed by atoms with Crippen LogP contribution in [0, 0.1) is 5.41 Å². The van der Waals surface area contributed by atoms with Gasteiger partial charge in [0.05, 0.1) is 5.57 Å². The third kappa shape index (κ3) is 3.09. The van der Waals surface area contributed by atoms with Crippen LogP contribution in [-0.4, -0.2) is 44.3 Å². The highest BCUT2D eigenvalue weighted by Crippen LogP contribution is 2.30. The lowest BCUT2D eigenvalue weighted by Gasteiger charge is -2.20. The van der Waals surface area contributed by atoms with Crippen molar-refractivity contribution in [3.05, 3.63) is 11.6 Å². The van der Waals surface area contributed by atoms with E-state index < -0.39 is 34.9 Å². The Labute approximate surface area is 108 Å². The van der Waals surface area contributed by atoms with Crippen LogP contribution < -0.4 is 0 Å². The van der Waals surface area contributed by atoms with E-state index in [0.717, 1.165) is 6.08 Å². The van der Waals surface area contributed by atoms with Gasteiger partial charge in [0.15, 0.2) is 0 Å². The van der Waals surface area contributed by atoms with E-state index in [2.05, 4.69) is 0 Å². The van der Waals surface area contributed by atoms with Crippen LogP contribution in [0.2, 0.25) is 0 Å². The highest BCUT2D eigenvalue weighted by Gasteiger charge is 2.60. The molecule has 0 radical (unpaired) electrons. The SMILES string of the molecule is CCCCC=C(C(=O)O)C(C(=O)O)(C(=O)O)C(=O)O. The smallest absolute Gasteiger partial charge is 0.337 e. The number of unbranched alkanes of at least 4 members (excludes halogenated alkanes) is 2. The van der Waals surface area contributed by atoms with Crippen LogP contribution in [0.15, 0.2) is 11.6 Å². The Kier molecular flexibility index (Phi) is 5.71. The standard InChI is InChI=1S/C11H14O8/c1-2-3-4-5-6(7(12)13)11(8(14)15,9(16)17)10(18)19/h5H,2-4H2,1H3,(H,12,13)(H,14,15)(H,16,17)(H,18,19). The number of carboxylic acids is 4. The van der Waals surface area contributed by atoms with Crippen molar-refractivity contribution in [2.24, 2.45) is 5.41 Å². The molecular weight excluding hydrogens is 260 g/mol. The highest BCUT2D eigenvalue weighted by molar-refractivity contribution is 6.24. The van der Waals surface area contributed by atoms with Crippen LogP contribution in [0.25, 0.3) is 0 Å². The molecule has 0 aliphatic carbocycles. The Balaban J connectivity index is 5.98. The molecular formula is C11H14O8. The first-order valence-corrected chi connectivity index (χ1v) is 5.36. The fraction of sp³-hybridized carbons (Fsp3) is 0.455. The molecule has 0 aliphatic heterocycles. The van der Waals surface area contributed by atoms with Crippen LogP contribution >= 0.6 is 0 Å². The fourth-order valence-corrected chi connectivity index (χ4v) is 1.47. The van der Waals surface area contributed by atoms with Crippen molar-refractivity contribution < 1.29 is 39.6 Å². The van der Waals surface area contributed by atoms with Gasteiger partial charge in [-0.15, -0.1) is 0 Å². The number of carboxylic acid groups (broad SMARTS) is 4. The Bertz CT molecular complexity index is 398. The van der Waals surface area contributed by atoms with Gasteiger partial charge in [0.25, 0.3) is 5.41 Å². The molecule has 0 spiro atoms. The maximum atomic E-state index is 11.0. The quantitative estimate of drug-likeness (QED) is 0.282. The molecule has 0 rings (SSSR count). The molecule has 19 heavy (non-hydrogen) atoms. The van der Waals surface area contributed by atoms with Crippen molar-refractivity contribution >= 4 is 23.9 Å². The molecule has 106 valence electrons. The number of allylic oxidation sites excluding steroid dienone is 1. The second kappa shape index (κ2) is 6.53. The van der Waals surface area contributed by atoms with Crippen LogP contribution in [0.1, 0.15) is 26.2 Å². The summed E-state index contributed by atoms with van der Waals surface area (Å²) in [6.45, 7) is 1.78. The van der Waals surface area contributed by atoms with Crippen molar-refractivity contribution in [1.29, 1.82) is 0 Å². The number of rotatable bonds is 8. The monoisotopic (exact) mass is 274 g/mol. The maximum absolute atomic E-state index is 11.0. The molecule has 0 bridgehead atoms. The minimum absolute atomic E-state index is 0.0771. The zero-order valence-corrected chi connectivity index (χ0v) is 10.1. The Hall–Kier alpha value is -2.38. The van der Waals surface area contributed by atoms with Crippen molar-refractivity contribution in [2.45, 2.75) is 26.2 Å². The van der Waals surface area contributed by atoms with Gasteiger partial charge in [-0.3, -0.25) is 0 Å². The second-order valence-corrected chi connectivity index (χ2v) is 3.73. The normalized spacial score (nSPS) is 11.9. The largest absolute Gasteiger partial charge is 0.480 e. The van der Waals surface area contributed by atoms with E-state index in [1.165, 1.54) is 0 Å². The van der Waals surface area contributed by atoms with Gasteiger partial charge in [0.1, 0.15) is 0 Å². The third-order valence-corrected chi connectivity index (χ3v) is 2.50. The van der Waals surface area contributed by atoms with Gasteiger partial charge >= 0.3 is 23.9 Å². The average Bonchev–Trinajstić information content (AvgIpc) is 2.26. The first-order chi connectivity index (χ1) is 8.72. The summed E-state index contributed by atoms with van der Waals surface area (Å²) in [4.78, 5) is 44.0. The molecule has 0 amide bonds. The van der Waals surface area contributed by atoms with Crippen molar-refractivity contribution in [1.82, 2.24) is 0 Å². The molecule has 0 unspecified atom stereocenters. The molecule has 0 fully saturated rings. The summed E-state index contributed by atoms with van der Waals surface area (Å²) in [6, 6.07) is 0. The number of carbonyl (C=O) groups is 4. The van der Waals surface area contributed by atoms with Gasteiger partial charge in [-0.05, 0) is 6.42 Å². The van der Waals surface area contributed by atoms with E-state index in [0.29, 0.717) is 12.8 Å². The third-order valence-electron chi connectivity index (χ3n) is 2.50. The molecule has 0 saturated carbocycles. The number of aliphatic carboxylic acids is 4. The van der Waals surface area contributed by atoms with Crippen LogP contribution in [0.5, 0.6) is 0 Å². The Morgan fingerprint density at radius 2 is 1.37 bits per heavy atom. The molecule has 8 nitrogen and oxygen atoms in total. The molecule has 0 aromatic rings. The van der Waals surface area contributed by atoms with E-state index in [1.54, 1.807) is 6.92 Å². The molecule has 0 heterocycles. The summed E-state index contributed by atoms with van der Waals surface area (Å²) in [5.74, 6) is -8.64. The second-order valence-electron chi connectivity index (χ2n) is 3.73. The lowest BCUT2D eigenvalue weighted by atomic mass is 9.79. The lowest BCUT2D eigenvalue weighted by molar-refractivity contribution is -0.174. The van der Waals surface area contributed by atoms with Gasteiger partial charge in [0, 0.05) is 0 Å². The van der Waals surface area contributed by atoms with E-state index in [9.17, 15) is 19.2 Å². The Morgan fingerprint density at radius 3 is 1.63 bits per heavy atom. The topological polar surface area (TPSA) is 149 Å². The van der Waals surface area contributed by atoms with E-state index in [-0.39, 0.29) is 6.42 Å². The summed E-state index contributed by atoms with van der Waals surface area (Å²) in [7, 11) is 0. The predicted molar refractivity (Wildman–Crippen MR) is 60.6 cm³/mol. The minimum Gasteiger partial charge on any atom is -0.480 e. The van der Waals surface area contributed by atoms with Gasteiger partial charge in [-0.25, -0.2) is 19.2 Å². The summed E-state index contributed by atoms with van der Waals surface area (Å²) >= 11 is 0. The number of hydrogen-bond donors (Lipinski definition) is 4. The van der Waals surface area contributed by atoms with E-state index in [1.807, 2.05) is 0 Å². The summed E-state index contributed by atoms with van der Waals surface area (Å²) in [6.07, 6.45) is 2.05. The fourth-order valence-electron chi connectivity index (χ4n) is 1.47. The van der Waals surface area contributed by atoms with E-state index >= 15 is 0 Å². The van der Waals surface area contributed by atoms with Crippen molar-refractivity contribution in [3.63, 3.8) is 0 Å². The molecule has 4 N–H and O–H groups in total. The van der Waals surface area contributed by atoms with Gasteiger partial charge in [0.2, 0.25) is 0 Å². The van der Waals surface area contributed by atoms with Crippen molar-refractivity contribution in [3.8, 4) is 0 Å². The number of hydrogen-bond acceptors (Lipinski definition) is 4. The van der Waals surface area contributed by atoms with E-state index in [4.69, 9.17) is 20.4 Å². The molecule has 0 aromatic heterocycles. The van der Waals surface area contributed by atoms with Gasteiger partial charge in [-0.2, -0.15) is 0 Å². The zero-order valence-electron chi connectivity index (χ0n) is 10.1. The Morgan fingerprint density at radius 1 is 0.947 bits per heavy atom. The van der Waals surface area contributed by atoms with Crippen LogP contribution in [0.4, 0.5) is 0 Å². The molecule has 0 aromatic carbocycles. The summed E-state index contributed by atoms with van der Waals surface area (Å²) in [5.41, 5.74) is -4.67.